The standard InChI is InChI=1S/C16H10F3N3O2S/c1-25-15-12(13(23)10-11(14(15)24)21-7-6-20-10)22-9-4-2-8(3-5-9)16(17,18)19/h2-7,22H,1H3. The Morgan fingerprint density at radius 3 is 2.04 bits per heavy atom. The molecule has 3 rings (SSSR count). The van der Waals surface area contributed by atoms with Crippen LogP contribution in [0.15, 0.2) is 47.3 Å². The number of nitrogens with zero attached hydrogens (tertiary/aromatic N) is 2. The van der Waals surface area contributed by atoms with E-state index in [4.69, 9.17) is 0 Å². The zero-order chi connectivity index (χ0) is 18.2. The number of ketones is 2. The van der Waals surface area contributed by atoms with Gasteiger partial charge in [-0.1, -0.05) is 0 Å². The van der Waals surface area contributed by atoms with Crippen LogP contribution in [-0.4, -0.2) is 27.8 Å². The van der Waals surface area contributed by atoms with Gasteiger partial charge in [0.2, 0.25) is 11.6 Å². The maximum Gasteiger partial charge on any atom is 0.416 e. The van der Waals surface area contributed by atoms with E-state index in [9.17, 15) is 22.8 Å². The van der Waals surface area contributed by atoms with Crippen molar-refractivity contribution in [1.29, 1.82) is 0 Å². The van der Waals surface area contributed by atoms with Crippen molar-refractivity contribution < 1.29 is 22.8 Å². The van der Waals surface area contributed by atoms with Gasteiger partial charge in [-0.3, -0.25) is 9.59 Å². The summed E-state index contributed by atoms with van der Waals surface area (Å²) < 4.78 is 37.9. The van der Waals surface area contributed by atoms with E-state index in [2.05, 4.69) is 15.3 Å². The summed E-state index contributed by atoms with van der Waals surface area (Å²) in [6.07, 6.45) is -0.218. The number of halogens is 3. The van der Waals surface area contributed by atoms with Crippen LogP contribution in [0.25, 0.3) is 0 Å². The number of hydrogen-bond donors (Lipinski definition) is 1. The predicted octanol–water partition coefficient (Wildman–Crippen LogP) is 3.56. The van der Waals surface area contributed by atoms with E-state index in [-0.39, 0.29) is 27.7 Å². The molecule has 0 amide bonds. The molecule has 0 aliphatic heterocycles. The lowest BCUT2D eigenvalue weighted by molar-refractivity contribution is -0.137. The number of fused-ring (bicyclic) bond motifs is 1. The molecule has 0 radical (unpaired) electrons. The number of allylic oxidation sites excluding steroid dienone is 2. The molecule has 25 heavy (non-hydrogen) atoms. The summed E-state index contributed by atoms with van der Waals surface area (Å²) in [6.45, 7) is 0. The van der Waals surface area contributed by atoms with Crippen LogP contribution < -0.4 is 5.32 Å². The van der Waals surface area contributed by atoms with E-state index in [0.29, 0.717) is 0 Å². The molecule has 128 valence electrons. The molecule has 0 atom stereocenters. The fourth-order valence-corrected chi connectivity index (χ4v) is 2.94. The second kappa shape index (κ2) is 6.32. The van der Waals surface area contributed by atoms with E-state index >= 15 is 0 Å². The fourth-order valence-electron chi connectivity index (χ4n) is 2.31. The number of anilines is 1. The summed E-state index contributed by atoms with van der Waals surface area (Å²) in [6, 6.07) is 4.17. The van der Waals surface area contributed by atoms with Crippen LogP contribution >= 0.6 is 11.8 Å². The lowest BCUT2D eigenvalue weighted by Crippen LogP contribution is -2.27. The van der Waals surface area contributed by atoms with Crippen LogP contribution in [0.1, 0.15) is 26.5 Å². The summed E-state index contributed by atoms with van der Waals surface area (Å²) >= 11 is 1.05. The minimum absolute atomic E-state index is 0.0229. The highest BCUT2D eigenvalue weighted by atomic mass is 32.2. The summed E-state index contributed by atoms with van der Waals surface area (Å²) in [5.41, 5.74) is -0.692. The molecular formula is C16H10F3N3O2S. The number of carbonyl (C=O) groups excluding carboxylic acids is 2. The Labute approximate surface area is 144 Å². The molecule has 0 saturated heterocycles. The Hall–Kier alpha value is -2.68. The lowest BCUT2D eigenvalue weighted by Gasteiger charge is -2.19. The number of nitrogens with one attached hydrogen (secondary N) is 1. The van der Waals surface area contributed by atoms with Crippen LogP contribution in [0.5, 0.6) is 0 Å². The zero-order valence-electron chi connectivity index (χ0n) is 12.7. The number of benzene rings is 1. The van der Waals surface area contributed by atoms with Gasteiger partial charge in [-0.2, -0.15) is 13.2 Å². The molecule has 1 aliphatic rings. The second-order valence-electron chi connectivity index (χ2n) is 5.02. The maximum absolute atomic E-state index is 12.6. The molecule has 1 aliphatic carbocycles. The van der Waals surface area contributed by atoms with Crippen molar-refractivity contribution in [3.8, 4) is 0 Å². The van der Waals surface area contributed by atoms with Gasteiger partial charge in [0, 0.05) is 18.1 Å². The minimum Gasteiger partial charge on any atom is -0.351 e. The van der Waals surface area contributed by atoms with Crippen LogP contribution in [-0.2, 0) is 6.18 Å². The molecule has 5 nitrogen and oxygen atoms in total. The number of aromatic nitrogens is 2. The highest BCUT2D eigenvalue weighted by molar-refractivity contribution is 8.03. The molecule has 1 aromatic carbocycles. The van der Waals surface area contributed by atoms with Crippen molar-refractivity contribution in [3.63, 3.8) is 0 Å². The highest BCUT2D eigenvalue weighted by Crippen LogP contribution is 2.32. The lowest BCUT2D eigenvalue weighted by atomic mass is 10.0. The maximum atomic E-state index is 12.6. The molecule has 0 bridgehead atoms. The number of carbonyl (C=O) groups is 2. The molecule has 2 aromatic rings. The quantitative estimate of drug-likeness (QED) is 0.897. The van der Waals surface area contributed by atoms with Crippen molar-refractivity contribution in [2.45, 2.75) is 6.18 Å². The Kier molecular flexibility index (Phi) is 4.34. The molecule has 0 spiro atoms. The summed E-state index contributed by atoms with van der Waals surface area (Å²) in [4.78, 5) is 33.0. The topological polar surface area (TPSA) is 72.0 Å². The third-order valence-corrected chi connectivity index (χ3v) is 4.27. The average Bonchev–Trinajstić information content (AvgIpc) is 2.59. The first-order chi connectivity index (χ1) is 11.8. The van der Waals surface area contributed by atoms with Crippen LogP contribution in [0.3, 0.4) is 0 Å². The van der Waals surface area contributed by atoms with Gasteiger partial charge < -0.3 is 5.32 Å². The summed E-state index contributed by atoms with van der Waals surface area (Å²) in [7, 11) is 0. The van der Waals surface area contributed by atoms with E-state index in [1.165, 1.54) is 24.5 Å². The van der Waals surface area contributed by atoms with Gasteiger partial charge in [0.1, 0.15) is 17.1 Å². The highest BCUT2D eigenvalue weighted by Gasteiger charge is 2.35. The SMILES string of the molecule is CSC1=C(Nc2ccc(C(F)(F)F)cc2)C(=O)c2nccnc2C1=O. The zero-order valence-corrected chi connectivity index (χ0v) is 13.5. The smallest absolute Gasteiger partial charge is 0.351 e. The van der Waals surface area contributed by atoms with E-state index in [1.807, 2.05) is 0 Å². The van der Waals surface area contributed by atoms with Crippen molar-refractivity contribution in [2.75, 3.05) is 11.6 Å². The Balaban J connectivity index is 1.98. The first-order valence-corrected chi connectivity index (χ1v) is 8.18. The second-order valence-corrected chi connectivity index (χ2v) is 5.84. The summed E-state index contributed by atoms with van der Waals surface area (Å²) in [5.74, 6) is -0.989. The monoisotopic (exact) mass is 365 g/mol. The number of rotatable bonds is 3. The number of thioether (sulfide) groups is 1. The Morgan fingerprint density at radius 1 is 0.960 bits per heavy atom. The van der Waals surface area contributed by atoms with Gasteiger partial charge in [0.25, 0.3) is 0 Å². The Bertz CT molecular complexity index is 892. The van der Waals surface area contributed by atoms with Gasteiger partial charge in [-0.25, -0.2) is 9.97 Å². The van der Waals surface area contributed by atoms with Crippen molar-refractivity contribution in [1.82, 2.24) is 9.97 Å². The van der Waals surface area contributed by atoms with Gasteiger partial charge >= 0.3 is 6.18 Å². The van der Waals surface area contributed by atoms with Crippen molar-refractivity contribution in [2.24, 2.45) is 0 Å². The average molecular weight is 365 g/mol. The molecule has 9 heteroatoms. The van der Waals surface area contributed by atoms with Gasteiger partial charge in [-0.05, 0) is 30.5 Å². The first kappa shape index (κ1) is 17.2. The van der Waals surface area contributed by atoms with E-state index in [1.54, 1.807) is 6.26 Å². The number of hydrogen-bond acceptors (Lipinski definition) is 6. The Morgan fingerprint density at radius 2 is 1.52 bits per heavy atom. The third-order valence-electron chi connectivity index (χ3n) is 3.47. The third kappa shape index (κ3) is 3.14. The number of Topliss-reactive ketones (excluding diaryl/α,β-unsaturated/α-hetero) is 2. The summed E-state index contributed by atoms with van der Waals surface area (Å²) in [5, 5.41) is 2.73. The van der Waals surface area contributed by atoms with Gasteiger partial charge in [0.15, 0.2) is 0 Å². The van der Waals surface area contributed by atoms with Crippen LogP contribution in [0.4, 0.5) is 18.9 Å². The van der Waals surface area contributed by atoms with E-state index < -0.39 is 23.3 Å². The van der Waals surface area contributed by atoms with Crippen molar-refractivity contribution >= 4 is 29.0 Å². The van der Waals surface area contributed by atoms with Crippen LogP contribution in [0.2, 0.25) is 0 Å². The fraction of sp³-hybridized carbons (Fsp3) is 0.125. The van der Waals surface area contributed by atoms with Gasteiger partial charge in [0.05, 0.1) is 10.5 Å². The molecule has 0 saturated carbocycles. The van der Waals surface area contributed by atoms with Gasteiger partial charge in [-0.15, -0.1) is 11.8 Å². The molecule has 1 N–H and O–H groups in total. The van der Waals surface area contributed by atoms with Crippen molar-refractivity contribution in [3.05, 3.63) is 64.2 Å². The molecular weight excluding hydrogens is 355 g/mol. The number of alkyl halides is 3. The van der Waals surface area contributed by atoms with Crippen LogP contribution in [0, 0.1) is 0 Å². The minimum atomic E-state index is -4.45. The first-order valence-electron chi connectivity index (χ1n) is 6.96. The normalized spacial score (nSPS) is 14.6. The predicted molar refractivity (Wildman–Crippen MR) is 86.3 cm³/mol. The van der Waals surface area contributed by atoms with E-state index in [0.717, 1.165) is 23.9 Å². The molecule has 1 aromatic heterocycles. The largest absolute Gasteiger partial charge is 0.416 e. The molecule has 0 fully saturated rings. The molecule has 1 heterocycles. The molecule has 0 unspecified atom stereocenters.